The summed E-state index contributed by atoms with van der Waals surface area (Å²) in [6.07, 6.45) is 64.3. The quantitative estimate of drug-likeness (QED) is 0.0272. The third kappa shape index (κ3) is 52.8. The van der Waals surface area contributed by atoms with E-state index in [1.165, 1.54) is 238 Å². The Bertz CT molecular complexity index is 1160. The predicted octanol–water partition coefficient (Wildman–Crippen LogP) is 17.4. The molecule has 3 atom stereocenters. The summed E-state index contributed by atoms with van der Waals surface area (Å²) >= 11 is 0. The molecule has 0 spiro atoms. The molecular weight excluding hydrogens is 864 g/mol. The van der Waals surface area contributed by atoms with Crippen LogP contribution in [-0.2, 0) is 18.4 Å². The molecule has 0 aromatic heterocycles. The number of allylic oxidation sites excluding steroid dienone is 3. The largest absolute Gasteiger partial charge is 0.756 e. The third-order valence-electron chi connectivity index (χ3n) is 13.7. The van der Waals surface area contributed by atoms with E-state index >= 15 is 0 Å². The number of hydrogen-bond acceptors (Lipinski definition) is 6. The number of quaternary nitrogens is 1. The van der Waals surface area contributed by atoms with Crippen LogP contribution < -0.4 is 10.2 Å². The molecule has 1 amide bonds. The summed E-state index contributed by atoms with van der Waals surface area (Å²) < 4.78 is 23.3. The lowest BCUT2D eigenvalue weighted by Crippen LogP contribution is -2.45. The average molecular weight is 982 g/mol. The standard InChI is InChI=1S/C59H117N2O6P/c1-6-8-10-12-14-16-18-19-20-21-22-23-24-25-26-27-28-29-30-31-32-33-34-35-36-37-38-39-40-41-43-45-47-49-51-53-59(63)60-57(56-67-68(64,65)66-55-54-61(3,4)5)58(62)52-50-48-46-44-42-17-15-13-11-9-7-2/h21-22,50,52,57-58,62H,6-20,23-49,51,53-56H2,1-5H3,(H-,60,63,64,65)/b22-21-,52-50+. The van der Waals surface area contributed by atoms with Crippen molar-refractivity contribution in [1.82, 2.24) is 5.32 Å². The number of hydrogen-bond donors (Lipinski definition) is 2. The van der Waals surface area contributed by atoms with Gasteiger partial charge < -0.3 is 28.8 Å². The molecule has 0 aliphatic rings. The number of phosphoric acid groups is 1. The van der Waals surface area contributed by atoms with Crippen molar-refractivity contribution < 1.29 is 32.9 Å². The van der Waals surface area contributed by atoms with Crippen molar-refractivity contribution in [3.8, 4) is 0 Å². The first-order valence-electron chi connectivity index (χ1n) is 29.7. The van der Waals surface area contributed by atoms with Crippen LogP contribution in [0.4, 0.5) is 0 Å². The Balaban J connectivity index is 3.89. The van der Waals surface area contributed by atoms with E-state index in [9.17, 15) is 19.4 Å². The molecule has 0 saturated carbocycles. The second-order valence-electron chi connectivity index (χ2n) is 21.7. The van der Waals surface area contributed by atoms with E-state index in [4.69, 9.17) is 9.05 Å². The van der Waals surface area contributed by atoms with Gasteiger partial charge in [-0.15, -0.1) is 0 Å². The number of nitrogens with zero attached hydrogens (tertiary/aromatic N) is 1. The van der Waals surface area contributed by atoms with Crippen molar-refractivity contribution in [2.24, 2.45) is 0 Å². The first-order valence-corrected chi connectivity index (χ1v) is 31.2. The monoisotopic (exact) mass is 981 g/mol. The second kappa shape index (κ2) is 50.9. The predicted molar refractivity (Wildman–Crippen MR) is 293 cm³/mol. The molecule has 3 unspecified atom stereocenters. The minimum atomic E-state index is -4.59. The van der Waals surface area contributed by atoms with Crippen LogP contribution in [0.25, 0.3) is 0 Å². The minimum Gasteiger partial charge on any atom is -0.756 e. The van der Waals surface area contributed by atoms with Gasteiger partial charge in [0.2, 0.25) is 5.91 Å². The zero-order chi connectivity index (χ0) is 49.9. The minimum absolute atomic E-state index is 0.00139. The van der Waals surface area contributed by atoms with Crippen LogP contribution in [-0.4, -0.2) is 68.5 Å². The van der Waals surface area contributed by atoms with Gasteiger partial charge in [-0.3, -0.25) is 9.36 Å². The number of aliphatic hydroxyl groups is 1. The molecule has 0 aromatic carbocycles. The average Bonchev–Trinajstić information content (AvgIpc) is 3.30. The van der Waals surface area contributed by atoms with E-state index in [1.54, 1.807) is 6.08 Å². The molecule has 0 heterocycles. The fourth-order valence-electron chi connectivity index (χ4n) is 8.97. The van der Waals surface area contributed by atoms with E-state index in [2.05, 4.69) is 31.3 Å². The molecule has 0 radical (unpaired) electrons. The Morgan fingerprint density at radius 2 is 0.809 bits per heavy atom. The number of rotatable bonds is 55. The van der Waals surface area contributed by atoms with Gasteiger partial charge in [0, 0.05) is 6.42 Å². The molecule has 9 heteroatoms. The van der Waals surface area contributed by atoms with E-state index < -0.39 is 20.0 Å². The fraction of sp³-hybridized carbons (Fsp3) is 0.915. The first-order chi connectivity index (χ1) is 33.0. The molecule has 0 aliphatic heterocycles. The Labute approximate surface area is 424 Å². The third-order valence-corrected chi connectivity index (χ3v) is 14.6. The Kier molecular flexibility index (Phi) is 50.1. The van der Waals surface area contributed by atoms with Crippen LogP contribution in [0, 0.1) is 0 Å². The van der Waals surface area contributed by atoms with E-state index in [-0.39, 0.29) is 19.1 Å². The second-order valence-corrected chi connectivity index (χ2v) is 23.1. The summed E-state index contributed by atoms with van der Waals surface area (Å²) in [5.74, 6) is -0.193. The number of phosphoric ester groups is 1. The number of carbonyl (C=O) groups is 1. The highest BCUT2D eigenvalue weighted by Gasteiger charge is 2.23. The summed E-state index contributed by atoms with van der Waals surface area (Å²) in [5.41, 5.74) is 0. The number of nitrogens with one attached hydrogen (secondary N) is 1. The molecule has 0 fully saturated rings. The van der Waals surface area contributed by atoms with Gasteiger partial charge in [0.05, 0.1) is 39.9 Å². The van der Waals surface area contributed by atoms with Gasteiger partial charge in [0.25, 0.3) is 7.82 Å². The van der Waals surface area contributed by atoms with Gasteiger partial charge in [-0.1, -0.05) is 269 Å². The molecule has 8 nitrogen and oxygen atoms in total. The van der Waals surface area contributed by atoms with Crippen molar-refractivity contribution >= 4 is 13.7 Å². The molecule has 2 N–H and O–H groups in total. The van der Waals surface area contributed by atoms with E-state index in [1.807, 2.05) is 27.2 Å². The highest BCUT2D eigenvalue weighted by Crippen LogP contribution is 2.38. The normalized spacial score (nSPS) is 14.0. The molecule has 404 valence electrons. The molecule has 0 aliphatic carbocycles. The molecular formula is C59H117N2O6P. The Hall–Kier alpha value is -1.02. The van der Waals surface area contributed by atoms with Gasteiger partial charge >= 0.3 is 0 Å². The Morgan fingerprint density at radius 1 is 0.500 bits per heavy atom. The van der Waals surface area contributed by atoms with Crippen LogP contribution in [0.5, 0.6) is 0 Å². The van der Waals surface area contributed by atoms with Gasteiger partial charge in [-0.05, 0) is 44.9 Å². The molecule has 0 rings (SSSR count). The lowest BCUT2D eigenvalue weighted by Gasteiger charge is -2.29. The van der Waals surface area contributed by atoms with Crippen LogP contribution in [0.3, 0.4) is 0 Å². The maximum absolute atomic E-state index is 12.9. The van der Waals surface area contributed by atoms with E-state index in [0.29, 0.717) is 17.4 Å². The van der Waals surface area contributed by atoms with Crippen molar-refractivity contribution in [3.05, 3.63) is 24.3 Å². The molecule has 0 aromatic rings. The molecule has 68 heavy (non-hydrogen) atoms. The summed E-state index contributed by atoms with van der Waals surface area (Å²) in [6.45, 7) is 4.66. The van der Waals surface area contributed by atoms with Gasteiger partial charge in [0.1, 0.15) is 13.2 Å². The lowest BCUT2D eigenvalue weighted by molar-refractivity contribution is -0.870. The lowest BCUT2D eigenvalue weighted by atomic mass is 10.0. The van der Waals surface area contributed by atoms with Gasteiger partial charge in [0.15, 0.2) is 0 Å². The van der Waals surface area contributed by atoms with Crippen molar-refractivity contribution in [2.45, 2.75) is 309 Å². The fourth-order valence-corrected chi connectivity index (χ4v) is 9.70. The number of carbonyl (C=O) groups excluding carboxylic acids is 1. The highest BCUT2D eigenvalue weighted by molar-refractivity contribution is 7.45. The zero-order valence-electron chi connectivity index (χ0n) is 46.1. The topological polar surface area (TPSA) is 108 Å². The summed E-state index contributed by atoms with van der Waals surface area (Å²) in [5, 5.41) is 13.8. The van der Waals surface area contributed by atoms with Crippen LogP contribution in [0.1, 0.15) is 296 Å². The Morgan fingerprint density at radius 3 is 1.15 bits per heavy atom. The number of likely N-dealkylation sites (N-methyl/N-ethyl adjacent to an activating group) is 1. The smallest absolute Gasteiger partial charge is 0.268 e. The summed E-state index contributed by atoms with van der Waals surface area (Å²) in [4.78, 5) is 25.4. The SMILES string of the molecule is CCCCCCCCCC/C=C\CCCCCCCCCCCCCCCCCCCCCCCCCC(=O)NC(COP(=O)([O-])OCC[N+](C)(C)C)C(O)/C=C/CCCCCCCCCCC. The maximum Gasteiger partial charge on any atom is 0.268 e. The summed E-state index contributed by atoms with van der Waals surface area (Å²) in [7, 11) is 1.27. The van der Waals surface area contributed by atoms with Crippen LogP contribution >= 0.6 is 7.82 Å². The molecule has 0 bridgehead atoms. The maximum atomic E-state index is 12.9. The first kappa shape index (κ1) is 67.0. The highest BCUT2D eigenvalue weighted by atomic mass is 31.2. The number of aliphatic hydroxyl groups excluding tert-OH is 1. The van der Waals surface area contributed by atoms with Gasteiger partial charge in [-0.25, -0.2) is 0 Å². The molecule has 0 saturated heterocycles. The number of amides is 1. The van der Waals surface area contributed by atoms with Crippen LogP contribution in [0.15, 0.2) is 24.3 Å². The number of unbranched alkanes of at least 4 members (excludes halogenated alkanes) is 40. The van der Waals surface area contributed by atoms with Crippen molar-refractivity contribution in [1.29, 1.82) is 0 Å². The van der Waals surface area contributed by atoms with E-state index in [0.717, 1.165) is 38.5 Å². The summed E-state index contributed by atoms with van der Waals surface area (Å²) in [6, 6.07) is -0.882. The van der Waals surface area contributed by atoms with Gasteiger partial charge in [-0.2, -0.15) is 0 Å². The van der Waals surface area contributed by atoms with Crippen LogP contribution in [0.2, 0.25) is 0 Å². The zero-order valence-corrected chi connectivity index (χ0v) is 47.0. The van der Waals surface area contributed by atoms with Crippen molar-refractivity contribution in [3.63, 3.8) is 0 Å². The van der Waals surface area contributed by atoms with Crippen molar-refractivity contribution in [2.75, 3.05) is 40.9 Å².